The minimum Gasteiger partial charge on any atom is -0.379 e. The van der Waals surface area contributed by atoms with E-state index in [-0.39, 0.29) is 5.91 Å². The minimum atomic E-state index is -0.204. The van der Waals surface area contributed by atoms with Gasteiger partial charge in [0.2, 0.25) is 0 Å². The van der Waals surface area contributed by atoms with Gasteiger partial charge in [-0.3, -0.25) is 9.69 Å². The van der Waals surface area contributed by atoms with Crippen LogP contribution in [0.15, 0.2) is 54.9 Å². The predicted molar refractivity (Wildman–Crippen MR) is 114 cm³/mol. The Balaban J connectivity index is 1.47. The first-order chi connectivity index (χ1) is 14.1. The summed E-state index contributed by atoms with van der Waals surface area (Å²) in [5.41, 5.74) is 4.24. The third-order valence-corrected chi connectivity index (χ3v) is 5.38. The average molecular weight is 411 g/mol. The Labute approximate surface area is 175 Å². The fraction of sp³-hybridized carbons (Fsp3) is 0.273. The molecule has 150 valence electrons. The summed E-state index contributed by atoms with van der Waals surface area (Å²) in [5, 5.41) is 7.98. The second-order valence-corrected chi connectivity index (χ2v) is 7.52. The highest BCUT2D eigenvalue weighted by Crippen LogP contribution is 2.23. The number of aryl methyl sites for hydroxylation is 1. The van der Waals surface area contributed by atoms with Crippen LogP contribution in [0, 0.1) is 6.92 Å². The zero-order valence-corrected chi connectivity index (χ0v) is 17.0. The van der Waals surface area contributed by atoms with E-state index in [1.54, 1.807) is 17.1 Å². The Bertz CT molecular complexity index is 1010. The molecule has 0 radical (unpaired) electrons. The first kappa shape index (κ1) is 19.6. The van der Waals surface area contributed by atoms with Crippen LogP contribution in [0.2, 0.25) is 5.02 Å². The zero-order chi connectivity index (χ0) is 20.2. The number of rotatable bonds is 5. The molecule has 1 saturated heterocycles. The van der Waals surface area contributed by atoms with Crippen molar-refractivity contribution >= 4 is 23.2 Å². The van der Waals surface area contributed by atoms with Gasteiger partial charge in [-0.1, -0.05) is 29.8 Å². The Morgan fingerprint density at radius 2 is 2.00 bits per heavy atom. The number of hydrogen-bond donors (Lipinski definition) is 1. The van der Waals surface area contributed by atoms with Gasteiger partial charge in [-0.2, -0.15) is 5.10 Å². The molecule has 0 saturated carbocycles. The van der Waals surface area contributed by atoms with E-state index in [4.69, 9.17) is 16.3 Å². The van der Waals surface area contributed by atoms with E-state index in [2.05, 4.69) is 15.3 Å². The van der Waals surface area contributed by atoms with Crippen molar-refractivity contribution in [1.82, 2.24) is 14.7 Å². The highest BCUT2D eigenvalue weighted by Gasteiger charge is 2.15. The maximum atomic E-state index is 12.7. The first-order valence-electron chi connectivity index (χ1n) is 9.61. The van der Waals surface area contributed by atoms with Crippen LogP contribution in [0.3, 0.4) is 0 Å². The second-order valence-electron chi connectivity index (χ2n) is 7.11. The van der Waals surface area contributed by atoms with Gasteiger partial charge < -0.3 is 10.1 Å². The maximum Gasteiger partial charge on any atom is 0.258 e. The molecule has 0 aliphatic carbocycles. The summed E-state index contributed by atoms with van der Waals surface area (Å²) < 4.78 is 7.11. The van der Waals surface area contributed by atoms with Gasteiger partial charge in [0.15, 0.2) is 0 Å². The largest absolute Gasteiger partial charge is 0.379 e. The summed E-state index contributed by atoms with van der Waals surface area (Å²) in [5.74, 6) is -0.204. The molecule has 1 amide bonds. The molecule has 4 rings (SSSR count). The summed E-state index contributed by atoms with van der Waals surface area (Å²) in [6, 6.07) is 13.5. The fourth-order valence-electron chi connectivity index (χ4n) is 3.37. The summed E-state index contributed by atoms with van der Waals surface area (Å²) in [7, 11) is 0. The number of carbonyl (C=O) groups excluding carboxylic acids is 1. The molecule has 1 aliphatic rings. The highest BCUT2D eigenvalue weighted by molar-refractivity contribution is 6.31. The van der Waals surface area contributed by atoms with Crippen LogP contribution in [-0.2, 0) is 11.3 Å². The Hall–Kier alpha value is -2.67. The Morgan fingerprint density at radius 3 is 2.79 bits per heavy atom. The molecule has 2 heterocycles. The zero-order valence-electron chi connectivity index (χ0n) is 16.3. The molecule has 0 spiro atoms. The summed E-state index contributed by atoms with van der Waals surface area (Å²) >= 11 is 6.37. The van der Waals surface area contributed by atoms with E-state index in [0.29, 0.717) is 16.3 Å². The molecule has 1 aromatic heterocycles. The predicted octanol–water partition coefficient (Wildman–Crippen LogP) is 3.92. The third-order valence-electron chi connectivity index (χ3n) is 5.01. The van der Waals surface area contributed by atoms with Gasteiger partial charge >= 0.3 is 0 Å². The average Bonchev–Trinajstić information content (AvgIpc) is 3.22. The maximum absolute atomic E-state index is 12.7. The van der Waals surface area contributed by atoms with Crippen molar-refractivity contribution in [3.8, 4) is 5.69 Å². The molecule has 1 N–H and O–H groups in total. The Morgan fingerprint density at radius 1 is 1.21 bits per heavy atom. The van der Waals surface area contributed by atoms with Crippen LogP contribution in [0.5, 0.6) is 0 Å². The lowest BCUT2D eigenvalue weighted by molar-refractivity contribution is 0.0342. The van der Waals surface area contributed by atoms with Crippen molar-refractivity contribution in [1.29, 1.82) is 0 Å². The molecule has 0 bridgehead atoms. The molecule has 3 aromatic rings. The number of aromatic nitrogens is 2. The minimum absolute atomic E-state index is 0.204. The summed E-state index contributed by atoms with van der Waals surface area (Å²) in [6.07, 6.45) is 3.31. The number of carbonyl (C=O) groups is 1. The van der Waals surface area contributed by atoms with E-state index < -0.39 is 0 Å². The number of morpholine rings is 1. The quantitative estimate of drug-likeness (QED) is 0.692. The number of nitrogens with one attached hydrogen (secondary N) is 1. The van der Waals surface area contributed by atoms with Gasteiger partial charge in [-0.15, -0.1) is 0 Å². The van der Waals surface area contributed by atoms with Crippen LogP contribution in [0.25, 0.3) is 5.69 Å². The molecule has 1 aliphatic heterocycles. The van der Waals surface area contributed by atoms with Crippen LogP contribution in [0.4, 0.5) is 5.69 Å². The number of amides is 1. The van der Waals surface area contributed by atoms with E-state index in [0.717, 1.165) is 49.7 Å². The van der Waals surface area contributed by atoms with Gasteiger partial charge in [-0.05, 0) is 42.3 Å². The molecule has 7 heteroatoms. The van der Waals surface area contributed by atoms with E-state index in [9.17, 15) is 4.79 Å². The van der Waals surface area contributed by atoms with Crippen molar-refractivity contribution in [2.45, 2.75) is 13.5 Å². The lowest BCUT2D eigenvalue weighted by Gasteiger charge is -2.27. The SMILES string of the molecule is Cc1ccccc1-n1cc(C(=O)Nc2ccc(Cl)c(CN3CCOCC3)c2)cn1. The summed E-state index contributed by atoms with van der Waals surface area (Å²) in [6.45, 7) is 5.98. The van der Waals surface area contributed by atoms with Crippen molar-refractivity contribution in [3.05, 3.63) is 76.6 Å². The van der Waals surface area contributed by atoms with E-state index >= 15 is 0 Å². The van der Waals surface area contributed by atoms with E-state index in [1.807, 2.05) is 49.4 Å². The number of halogens is 1. The van der Waals surface area contributed by atoms with Gasteiger partial charge in [0, 0.05) is 36.5 Å². The normalized spacial score (nSPS) is 14.7. The number of anilines is 1. The topological polar surface area (TPSA) is 59.4 Å². The van der Waals surface area contributed by atoms with Crippen LogP contribution < -0.4 is 5.32 Å². The van der Waals surface area contributed by atoms with Crippen molar-refractivity contribution < 1.29 is 9.53 Å². The van der Waals surface area contributed by atoms with Crippen LogP contribution in [-0.4, -0.2) is 46.9 Å². The van der Waals surface area contributed by atoms with Gasteiger partial charge in [0.1, 0.15) is 0 Å². The first-order valence-corrected chi connectivity index (χ1v) is 9.98. The molecule has 2 aromatic carbocycles. The van der Waals surface area contributed by atoms with Crippen molar-refractivity contribution in [3.63, 3.8) is 0 Å². The molecular weight excluding hydrogens is 388 g/mol. The second kappa shape index (κ2) is 8.78. The van der Waals surface area contributed by atoms with E-state index in [1.165, 1.54) is 0 Å². The molecule has 0 unspecified atom stereocenters. The fourth-order valence-corrected chi connectivity index (χ4v) is 3.55. The molecule has 0 atom stereocenters. The molecule has 6 nitrogen and oxygen atoms in total. The van der Waals surface area contributed by atoms with Gasteiger partial charge in [0.05, 0.1) is 30.7 Å². The number of benzene rings is 2. The standard InChI is InChI=1S/C22H23ClN4O2/c1-16-4-2-3-5-21(16)27-15-18(13-24-27)22(28)25-19-6-7-20(23)17(12-19)14-26-8-10-29-11-9-26/h2-7,12-13,15H,8-11,14H2,1H3,(H,25,28). The highest BCUT2D eigenvalue weighted by atomic mass is 35.5. The monoisotopic (exact) mass is 410 g/mol. The number of ether oxygens (including phenoxy) is 1. The molecule has 29 heavy (non-hydrogen) atoms. The lowest BCUT2D eigenvalue weighted by Crippen LogP contribution is -2.35. The van der Waals surface area contributed by atoms with Crippen LogP contribution in [0.1, 0.15) is 21.5 Å². The summed E-state index contributed by atoms with van der Waals surface area (Å²) in [4.78, 5) is 15.0. The molecule has 1 fully saturated rings. The van der Waals surface area contributed by atoms with Crippen LogP contribution >= 0.6 is 11.6 Å². The smallest absolute Gasteiger partial charge is 0.258 e. The van der Waals surface area contributed by atoms with Gasteiger partial charge in [-0.25, -0.2) is 4.68 Å². The van der Waals surface area contributed by atoms with Crippen molar-refractivity contribution in [2.24, 2.45) is 0 Å². The third kappa shape index (κ3) is 4.67. The number of hydrogen-bond acceptors (Lipinski definition) is 4. The Kier molecular flexibility index (Phi) is 5.94. The molecular formula is C22H23ClN4O2. The number of nitrogens with zero attached hydrogens (tertiary/aromatic N) is 3. The number of para-hydroxylation sites is 1. The van der Waals surface area contributed by atoms with Gasteiger partial charge in [0.25, 0.3) is 5.91 Å². The lowest BCUT2D eigenvalue weighted by atomic mass is 10.1. The van der Waals surface area contributed by atoms with Crippen molar-refractivity contribution in [2.75, 3.05) is 31.6 Å².